The maximum atomic E-state index is 6.53. The molecule has 0 amide bonds. The standard InChI is InChI=1S/C39H29N2O.C18H24NSi.Ir/c1-39(2,3)32-21-12-18-28(25-13-5-4-6-14-25)36(32)41-34-24-27-16-8-7-15-26(27)23-33(34)40-38(41)31-20-11-19-30-29-17-9-10-22-35(29)42-37(30)31;1-14(2)11-16-12-17(15-9-7-6-8-10-15)19-13-18(16)20(3,4)5;/h4-19,21-24H,1-3H3;6-9,12-14H,11H2,1-5H3;/q2*-1;. The van der Waals surface area contributed by atoms with E-state index in [0.717, 1.165) is 78.9 Å². The van der Waals surface area contributed by atoms with Crippen LogP contribution >= 0.6 is 0 Å². The summed E-state index contributed by atoms with van der Waals surface area (Å²) in [5, 5.41) is 6.00. The SMILES string of the molecule is CC(C)(C)c1cccc(-c2ccccc2)c1-n1c(-c2[c-]ccc3c2oc2ccccc23)nc2cc3ccccc3cc21.CC(C)Cc1cc(-c2[c-]cccc2)ncc1[Si](C)(C)C.[Ir]. The summed E-state index contributed by atoms with van der Waals surface area (Å²) in [4.78, 5) is 10.0. The molecular formula is C57H53IrN3OSi-2. The van der Waals surface area contributed by atoms with Gasteiger partial charge in [0.25, 0.3) is 0 Å². The van der Waals surface area contributed by atoms with E-state index in [0.29, 0.717) is 5.92 Å². The number of aromatic nitrogens is 3. The van der Waals surface area contributed by atoms with Crippen molar-refractivity contribution in [1.29, 1.82) is 0 Å². The van der Waals surface area contributed by atoms with Gasteiger partial charge < -0.3 is 14.0 Å². The third-order valence-corrected chi connectivity index (χ3v) is 13.7. The molecule has 0 bridgehead atoms. The van der Waals surface area contributed by atoms with E-state index in [-0.39, 0.29) is 25.5 Å². The summed E-state index contributed by atoms with van der Waals surface area (Å²) < 4.78 is 8.88. The number of fused-ring (bicyclic) bond motifs is 5. The average molecular weight is 1020 g/mol. The van der Waals surface area contributed by atoms with Crippen LogP contribution in [0.3, 0.4) is 0 Å². The minimum absolute atomic E-state index is 0. The fourth-order valence-electron chi connectivity index (χ4n) is 8.74. The van der Waals surface area contributed by atoms with Crippen molar-refractivity contribution in [2.45, 2.75) is 66.1 Å². The smallest absolute Gasteiger partial charge is 0.120 e. The first-order valence-corrected chi connectivity index (χ1v) is 25.2. The zero-order chi connectivity index (χ0) is 43.2. The van der Waals surface area contributed by atoms with Gasteiger partial charge >= 0.3 is 0 Å². The Kier molecular flexibility index (Phi) is 12.3. The van der Waals surface area contributed by atoms with Gasteiger partial charge in [-0.05, 0) is 68.7 Å². The molecule has 0 aliphatic rings. The summed E-state index contributed by atoms with van der Waals surface area (Å²) >= 11 is 0. The van der Waals surface area contributed by atoms with Crippen molar-refractivity contribution in [2.75, 3.05) is 0 Å². The molecule has 0 N–H and O–H groups in total. The van der Waals surface area contributed by atoms with Crippen molar-refractivity contribution in [2.24, 2.45) is 5.92 Å². The van der Waals surface area contributed by atoms with E-state index in [1.165, 1.54) is 27.1 Å². The van der Waals surface area contributed by atoms with E-state index in [2.05, 4.69) is 197 Å². The summed E-state index contributed by atoms with van der Waals surface area (Å²) in [5.41, 5.74) is 12.7. The third-order valence-electron chi connectivity index (χ3n) is 11.6. The summed E-state index contributed by atoms with van der Waals surface area (Å²) in [6.45, 7) is 18.6. The summed E-state index contributed by atoms with van der Waals surface area (Å²) in [5.74, 6) is 1.49. The van der Waals surface area contributed by atoms with E-state index in [4.69, 9.17) is 9.40 Å². The van der Waals surface area contributed by atoms with Crippen LogP contribution in [0.15, 0.2) is 162 Å². The van der Waals surface area contributed by atoms with Gasteiger partial charge in [-0.15, -0.1) is 54.1 Å². The second-order valence-electron chi connectivity index (χ2n) is 18.8. The summed E-state index contributed by atoms with van der Waals surface area (Å²) in [7, 11) is -1.34. The van der Waals surface area contributed by atoms with Gasteiger partial charge in [-0.1, -0.05) is 168 Å². The van der Waals surface area contributed by atoms with Gasteiger partial charge in [0.15, 0.2) is 0 Å². The molecule has 6 heteroatoms. The van der Waals surface area contributed by atoms with Crippen molar-refractivity contribution < 1.29 is 24.5 Å². The van der Waals surface area contributed by atoms with Crippen LogP contribution in [0.5, 0.6) is 0 Å². The zero-order valence-electron chi connectivity index (χ0n) is 37.4. The Morgan fingerprint density at radius 1 is 0.714 bits per heavy atom. The predicted molar refractivity (Wildman–Crippen MR) is 264 cm³/mol. The van der Waals surface area contributed by atoms with Crippen LogP contribution in [0.25, 0.3) is 83.2 Å². The molecule has 0 atom stereocenters. The molecule has 4 nitrogen and oxygen atoms in total. The Morgan fingerprint density at radius 2 is 1.43 bits per heavy atom. The van der Waals surface area contributed by atoms with Gasteiger partial charge in [-0.3, -0.25) is 4.98 Å². The summed E-state index contributed by atoms with van der Waals surface area (Å²) in [6, 6.07) is 59.7. The number of imidazole rings is 1. The molecule has 0 aliphatic heterocycles. The van der Waals surface area contributed by atoms with Crippen LogP contribution in [0.4, 0.5) is 0 Å². The molecule has 10 aromatic rings. The quantitative estimate of drug-likeness (QED) is 0.118. The number of hydrogen-bond donors (Lipinski definition) is 0. The number of nitrogens with zero attached hydrogens (tertiary/aromatic N) is 3. The molecule has 63 heavy (non-hydrogen) atoms. The molecule has 0 saturated carbocycles. The second-order valence-corrected chi connectivity index (χ2v) is 23.9. The number of furan rings is 1. The first-order valence-electron chi connectivity index (χ1n) is 21.7. The largest absolute Gasteiger partial charge is 0.501 e. The number of para-hydroxylation sites is 2. The van der Waals surface area contributed by atoms with Gasteiger partial charge in [0.1, 0.15) is 5.58 Å². The van der Waals surface area contributed by atoms with E-state index in [9.17, 15) is 0 Å². The van der Waals surface area contributed by atoms with Crippen molar-refractivity contribution in [1.82, 2.24) is 14.5 Å². The molecule has 7 aromatic carbocycles. The Morgan fingerprint density at radius 3 is 2.14 bits per heavy atom. The first-order chi connectivity index (χ1) is 29.8. The molecule has 0 unspecified atom stereocenters. The molecule has 0 saturated heterocycles. The molecule has 0 spiro atoms. The molecule has 0 aliphatic carbocycles. The van der Waals surface area contributed by atoms with Gasteiger partial charge in [0.2, 0.25) is 0 Å². The van der Waals surface area contributed by atoms with Gasteiger partial charge in [-0.25, -0.2) is 0 Å². The van der Waals surface area contributed by atoms with E-state index < -0.39 is 8.07 Å². The van der Waals surface area contributed by atoms with Crippen LogP contribution in [0.2, 0.25) is 19.6 Å². The Balaban J connectivity index is 0.000000219. The molecular weight excluding hydrogens is 963 g/mol. The van der Waals surface area contributed by atoms with Crippen LogP contribution in [-0.2, 0) is 31.9 Å². The molecule has 317 valence electrons. The van der Waals surface area contributed by atoms with Crippen molar-refractivity contribution in [3.05, 3.63) is 181 Å². The minimum Gasteiger partial charge on any atom is -0.501 e. The van der Waals surface area contributed by atoms with Crippen molar-refractivity contribution in [3.63, 3.8) is 0 Å². The van der Waals surface area contributed by atoms with E-state index in [1.54, 1.807) is 0 Å². The van der Waals surface area contributed by atoms with Crippen LogP contribution < -0.4 is 5.19 Å². The number of benzene rings is 7. The maximum Gasteiger partial charge on any atom is 0.120 e. The van der Waals surface area contributed by atoms with Gasteiger partial charge in [0, 0.05) is 37.3 Å². The van der Waals surface area contributed by atoms with E-state index >= 15 is 0 Å². The third kappa shape index (κ3) is 8.73. The van der Waals surface area contributed by atoms with Crippen LogP contribution in [-0.4, -0.2) is 22.6 Å². The number of rotatable bonds is 7. The zero-order valence-corrected chi connectivity index (χ0v) is 40.8. The average Bonchev–Trinajstić information content (AvgIpc) is 3.83. The van der Waals surface area contributed by atoms with Gasteiger partial charge in [0.05, 0.1) is 36.2 Å². The maximum absolute atomic E-state index is 6.53. The summed E-state index contributed by atoms with van der Waals surface area (Å²) in [6.07, 6.45) is 3.24. The molecule has 3 aromatic heterocycles. The molecule has 3 heterocycles. The van der Waals surface area contributed by atoms with Crippen molar-refractivity contribution >= 4 is 57.0 Å². The molecule has 10 rings (SSSR count). The second kappa shape index (κ2) is 17.7. The first kappa shape index (κ1) is 43.7. The number of hydrogen-bond acceptors (Lipinski definition) is 3. The normalized spacial score (nSPS) is 11.9. The monoisotopic (exact) mass is 1020 g/mol. The van der Waals surface area contributed by atoms with E-state index in [1.807, 2.05) is 36.4 Å². The van der Waals surface area contributed by atoms with Gasteiger partial charge in [-0.2, -0.15) is 0 Å². The Bertz CT molecular complexity index is 3210. The predicted octanol–water partition coefficient (Wildman–Crippen LogP) is 14.8. The molecule has 0 fully saturated rings. The fourth-order valence-corrected chi connectivity index (χ4v) is 10.3. The minimum atomic E-state index is -1.34. The topological polar surface area (TPSA) is 43.9 Å². The fraction of sp³-hybridized carbons (Fsp3) is 0.193. The van der Waals surface area contributed by atoms with Crippen LogP contribution in [0, 0.1) is 18.1 Å². The number of pyridine rings is 1. The Hall–Kier alpha value is -5.91. The van der Waals surface area contributed by atoms with Crippen LogP contribution in [0.1, 0.15) is 45.7 Å². The van der Waals surface area contributed by atoms with Crippen molar-refractivity contribution in [3.8, 4) is 39.5 Å². The Labute approximate surface area is 386 Å². The molecule has 1 radical (unpaired) electrons.